The molecule has 2 aromatic rings. The summed E-state index contributed by atoms with van der Waals surface area (Å²) in [6.07, 6.45) is 1.80. The highest BCUT2D eigenvalue weighted by Gasteiger charge is 2.10. The molecule has 1 aromatic carbocycles. The van der Waals surface area contributed by atoms with E-state index in [1.165, 1.54) is 5.56 Å². The maximum Gasteiger partial charge on any atom is 0.179 e. The van der Waals surface area contributed by atoms with Crippen molar-refractivity contribution in [1.29, 1.82) is 0 Å². The largest absolute Gasteiger partial charge is 0.493 e. The Hall–Kier alpha value is -1.78. The summed E-state index contributed by atoms with van der Waals surface area (Å²) in [5.74, 6) is 1.19. The van der Waals surface area contributed by atoms with E-state index in [0.29, 0.717) is 29.6 Å². The summed E-state index contributed by atoms with van der Waals surface area (Å²) in [7, 11) is 3.17. The molecule has 0 aliphatic heterocycles. The Balaban J connectivity index is 2.04. The molecule has 21 heavy (non-hydrogen) atoms. The first-order valence-corrected chi connectivity index (χ1v) is 7.05. The third-order valence-electron chi connectivity index (χ3n) is 3.23. The average molecular weight is 307 g/mol. The van der Waals surface area contributed by atoms with E-state index in [0.717, 1.165) is 11.3 Å². The van der Waals surface area contributed by atoms with Crippen molar-refractivity contribution >= 4 is 11.6 Å². The molecule has 0 atom stereocenters. The van der Waals surface area contributed by atoms with E-state index in [4.69, 9.17) is 21.1 Å². The van der Waals surface area contributed by atoms with Crippen LogP contribution in [-0.2, 0) is 13.1 Å². The van der Waals surface area contributed by atoms with Crippen molar-refractivity contribution in [3.8, 4) is 11.5 Å². The lowest BCUT2D eigenvalue weighted by Crippen LogP contribution is -2.14. The van der Waals surface area contributed by atoms with Crippen LogP contribution in [0.1, 0.15) is 16.8 Å². The summed E-state index contributed by atoms with van der Waals surface area (Å²) in [4.78, 5) is 4.35. The van der Waals surface area contributed by atoms with E-state index in [1.807, 2.05) is 18.2 Å². The number of methoxy groups -OCH3 is 2. The molecule has 0 aliphatic carbocycles. The van der Waals surface area contributed by atoms with Crippen molar-refractivity contribution in [2.45, 2.75) is 20.0 Å². The smallest absolute Gasteiger partial charge is 0.179 e. The van der Waals surface area contributed by atoms with E-state index < -0.39 is 0 Å². The first-order chi connectivity index (χ1) is 10.2. The molecule has 0 saturated carbocycles. The molecule has 0 bridgehead atoms. The molecule has 112 valence electrons. The quantitative estimate of drug-likeness (QED) is 0.889. The highest BCUT2D eigenvalue weighted by Crippen LogP contribution is 2.35. The fourth-order valence-corrected chi connectivity index (χ4v) is 2.41. The van der Waals surface area contributed by atoms with Crippen LogP contribution in [0, 0.1) is 6.92 Å². The number of hydrogen-bond acceptors (Lipinski definition) is 4. The van der Waals surface area contributed by atoms with Crippen LogP contribution in [0.25, 0.3) is 0 Å². The number of nitrogens with one attached hydrogen (secondary N) is 1. The number of halogens is 1. The van der Waals surface area contributed by atoms with E-state index in [1.54, 1.807) is 20.4 Å². The summed E-state index contributed by atoms with van der Waals surface area (Å²) >= 11 is 6.19. The number of rotatable bonds is 6. The normalized spacial score (nSPS) is 10.5. The molecule has 0 aliphatic rings. The molecule has 2 rings (SSSR count). The minimum atomic E-state index is 0.544. The van der Waals surface area contributed by atoms with Crippen molar-refractivity contribution < 1.29 is 9.47 Å². The van der Waals surface area contributed by atoms with E-state index in [2.05, 4.69) is 23.3 Å². The first kappa shape index (κ1) is 15.6. The number of pyridine rings is 1. The summed E-state index contributed by atoms with van der Waals surface area (Å²) in [5, 5.41) is 3.90. The number of aromatic nitrogens is 1. The molecule has 0 amide bonds. The molecule has 1 aromatic heterocycles. The Bertz CT molecular complexity index is 617. The van der Waals surface area contributed by atoms with Crippen molar-refractivity contribution in [1.82, 2.24) is 10.3 Å². The molecule has 4 nitrogen and oxygen atoms in total. The van der Waals surface area contributed by atoms with Crippen molar-refractivity contribution in [2.75, 3.05) is 14.2 Å². The molecule has 0 fully saturated rings. The first-order valence-electron chi connectivity index (χ1n) is 6.67. The lowest BCUT2D eigenvalue weighted by molar-refractivity contribution is 0.354. The predicted octanol–water partition coefficient (Wildman–Crippen LogP) is 3.35. The molecular weight excluding hydrogens is 288 g/mol. The van der Waals surface area contributed by atoms with Crippen LogP contribution in [0.2, 0.25) is 5.02 Å². The minimum Gasteiger partial charge on any atom is -0.493 e. The summed E-state index contributed by atoms with van der Waals surface area (Å²) in [5.41, 5.74) is 3.26. The van der Waals surface area contributed by atoms with E-state index in [9.17, 15) is 0 Å². The number of benzene rings is 1. The molecule has 5 heteroatoms. The Morgan fingerprint density at radius 2 is 2.00 bits per heavy atom. The van der Waals surface area contributed by atoms with Gasteiger partial charge in [0.05, 0.1) is 24.9 Å². The Labute approximate surface area is 130 Å². The van der Waals surface area contributed by atoms with Crippen LogP contribution >= 0.6 is 11.6 Å². The Morgan fingerprint density at radius 3 is 2.67 bits per heavy atom. The van der Waals surface area contributed by atoms with Crippen LogP contribution < -0.4 is 14.8 Å². The van der Waals surface area contributed by atoms with Gasteiger partial charge >= 0.3 is 0 Å². The molecular formula is C16H19ClN2O2. The van der Waals surface area contributed by atoms with Crippen molar-refractivity contribution in [2.24, 2.45) is 0 Å². The third kappa shape index (κ3) is 3.86. The second-order valence-electron chi connectivity index (χ2n) is 4.68. The van der Waals surface area contributed by atoms with Crippen LogP contribution in [0.3, 0.4) is 0 Å². The topological polar surface area (TPSA) is 43.4 Å². The lowest BCUT2D eigenvalue weighted by atomic mass is 10.2. The monoisotopic (exact) mass is 306 g/mol. The van der Waals surface area contributed by atoms with Gasteiger partial charge in [0, 0.05) is 19.3 Å². The van der Waals surface area contributed by atoms with Crippen molar-refractivity contribution in [3.63, 3.8) is 0 Å². The van der Waals surface area contributed by atoms with E-state index in [-0.39, 0.29) is 0 Å². The fourth-order valence-electron chi connectivity index (χ4n) is 2.10. The number of hydrogen-bond donors (Lipinski definition) is 1. The Morgan fingerprint density at radius 1 is 1.19 bits per heavy atom. The predicted molar refractivity (Wildman–Crippen MR) is 84.1 cm³/mol. The summed E-state index contributed by atoms with van der Waals surface area (Å²) in [6, 6.07) is 7.79. The van der Waals surface area contributed by atoms with Crippen molar-refractivity contribution in [3.05, 3.63) is 52.3 Å². The van der Waals surface area contributed by atoms with Gasteiger partial charge in [-0.15, -0.1) is 0 Å². The van der Waals surface area contributed by atoms with E-state index >= 15 is 0 Å². The minimum absolute atomic E-state index is 0.544. The second-order valence-corrected chi connectivity index (χ2v) is 5.09. The molecule has 0 radical (unpaired) electrons. The fraction of sp³-hybridized carbons (Fsp3) is 0.312. The third-order valence-corrected chi connectivity index (χ3v) is 3.51. The lowest BCUT2D eigenvalue weighted by Gasteiger charge is -2.12. The van der Waals surface area contributed by atoms with Gasteiger partial charge in [-0.05, 0) is 36.2 Å². The molecule has 0 spiro atoms. The maximum atomic E-state index is 6.19. The van der Waals surface area contributed by atoms with Gasteiger partial charge in [0.25, 0.3) is 0 Å². The zero-order valence-corrected chi connectivity index (χ0v) is 13.2. The summed E-state index contributed by atoms with van der Waals surface area (Å²) < 4.78 is 10.5. The average Bonchev–Trinajstić information content (AvgIpc) is 2.48. The van der Waals surface area contributed by atoms with Gasteiger partial charge in [0.2, 0.25) is 0 Å². The number of nitrogens with zero attached hydrogens (tertiary/aromatic N) is 1. The van der Waals surface area contributed by atoms with Crippen LogP contribution in [0.5, 0.6) is 11.5 Å². The van der Waals surface area contributed by atoms with Gasteiger partial charge in [0.15, 0.2) is 11.5 Å². The standard InChI is InChI=1S/C16H19ClN2O2/c1-11-5-4-6-19-14(11)10-18-9-12-7-13(17)16(21-3)15(8-12)20-2/h4-8,18H,9-10H2,1-3H3. The number of aryl methyl sites for hydroxylation is 1. The van der Waals surface area contributed by atoms with Gasteiger partial charge in [-0.3, -0.25) is 4.98 Å². The molecule has 0 saturated heterocycles. The second kappa shape index (κ2) is 7.29. The SMILES string of the molecule is COc1cc(CNCc2ncccc2C)cc(Cl)c1OC. The van der Waals surface area contributed by atoms with Gasteiger partial charge in [-0.1, -0.05) is 17.7 Å². The van der Waals surface area contributed by atoms with Gasteiger partial charge in [-0.2, -0.15) is 0 Å². The number of ether oxygens (including phenoxy) is 2. The highest BCUT2D eigenvalue weighted by molar-refractivity contribution is 6.32. The molecule has 0 unspecified atom stereocenters. The maximum absolute atomic E-state index is 6.19. The van der Waals surface area contributed by atoms with Crippen LogP contribution in [0.4, 0.5) is 0 Å². The molecule has 1 heterocycles. The summed E-state index contributed by atoms with van der Waals surface area (Å²) in [6.45, 7) is 3.44. The van der Waals surface area contributed by atoms with Crippen LogP contribution in [-0.4, -0.2) is 19.2 Å². The molecule has 1 N–H and O–H groups in total. The zero-order valence-electron chi connectivity index (χ0n) is 12.4. The van der Waals surface area contributed by atoms with Gasteiger partial charge < -0.3 is 14.8 Å². The highest BCUT2D eigenvalue weighted by atomic mass is 35.5. The zero-order chi connectivity index (χ0) is 15.2. The van der Waals surface area contributed by atoms with Gasteiger partial charge in [-0.25, -0.2) is 0 Å². The van der Waals surface area contributed by atoms with Crippen LogP contribution in [0.15, 0.2) is 30.5 Å². The Kier molecular flexibility index (Phi) is 5.42. The van der Waals surface area contributed by atoms with Gasteiger partial charge in [0.1, 0.15) is 0 Å².